The molecule has 1 aliphatic heterocycles. The highest BCUT2D eigenvalue weighted by atomic mass is 79.9. The van der Waals surface area contributed by atoms with Crippen LogP contribution in [0.4, 0.5) is 0 Å². The normalized spacial score (nSPS) is 20.6. The first-order valence-corrected chi connectivity index (χ1v) is 7.45. The number of halogens is 1. The average Bonchev–Trinajstić information content (AvgIpc) is 2.98. The van der Waals surface area contributed by atoms with Gasteiger partial charge in [-0.2, -0.15) is 5.10 Å². The molecule has 1 fully saturated rings. The minimum atomic E-state index is 0.571. The van der Waals surface area contributed by atoms with Crippen LogP contribution in [0.1, 0.15) is 24.5 Å². The number of hydrogen-bond acceptors (Lipinski definition) is 3. The van der Waals surface area contributed by atoms with E-state index in [0.29, 0.717) is 5.92 Å². The predicted molar refractivity (Wildman–Crippen MR) is 74.4 cm³/mol. The quantitative estimate of drug-likeness (QED) is 0.892. The van der Waals surface area contributed by atoms with Crippen LogP contribution < -0.4 is 5.32 Å². The van der Waals surface area contributed by atoms with Gasteiger partial charge in [-0.3, -0.25) is 5.10 Å². The number of nitrogens with one attached hydrogen (secondary N) is 2. The third-order valence-electron chi connectivity index (χ3n) is 3.21. The lowest BCUT2D eigenvalue weighted by Gasteiger charge is -2.22. The SMILES string of the molecule is Brc1ccc(-c2cn[nH]c2C2CCCNC2)s1. The molecule has 3 heterocycles. The monoisotopic (exact) mass is 311 g/mol. The molecule has 0 amide bonds. The molecule has 3 rings (SSSR count). The van der Waals surface area contributed by atoms with Crippen molar-refractivity contribution < 1.29 is 0 Å². The van der Waals surface area contributed by atoms with E-state index in [4.69, 9.17) is 0 Å². The Labute approximate surface area is 113 Å². The van der Waals surface area contributed by atoms with Gasteiger partial charge in [0, 0.05) is 28.6 Å². The van der Waals surface area contributed by atoms with Crippen molar-refractivity contribution >= 4 is 27.3 Å². The number of aromatic amines is 1. The summed E-state index contributed by atoms with van der Waals surface area (Å²) in [6.07, 6.45) is 4.44. The van der Waals surface area contributed by atoms with Crippen LogP contribution in [0, 0.1) is 0 Å². The van der Waals surface area contributed by atoms with Crippen LogP contribution in [0.2, 0.25) is 0 Å². The Morgan fingerprint density at radius 2 is 2.35 bits per heavy atom. The molecule has 0 radical (unpaired) electrons. The van der Waals surface area contributed by atoms with Crippen LogP contribution in [-0.2, 0) is 0 Å². The Morgan fingerprint density at radius 3 is 3.06 bits per heavy atom. The number of hydrogen-bond donors (Lipinski definition) is 2. The molecular formula is C12H14BrN3S. The second-order valence-electron chi connectivity index (χ2n) is 4.34. The Kier molecular flexibility index (Phi) is 3.31. The van der Waals surface area contributed by atoms with E-state index in [9.17, 15) is 0 Å². The average molecular weight is 312 g/mol. The predicted octanol–water partition coefficient (Wildman–Crippen LogP) is 3.37. The zero-order valence-corrected chi connectivity index (χ0v) is 11.8. The maximum atomic E-state index is 4.22. The zero-order chi connectivity index (χ0) is 11.7. The second-order valence-corrected chi connectivity index (χ2v) is 6.81. The van der Waals surface area contributed by atoms with Crippen molar-refractivity contribution in [2.45, 2.75) is 18.8 Å². The maximum Gasteiger partial charge on any atom is 0.0705 e. The molecule has 2 N–H and O–H groups in total. The molecule has 90 valence electrons. The van der Waals surface area contributed by atoms with Gasteiger partial charge in [-0.05, 0) is 47.4 Å². The van der Waals surface area contributed by atoms with E-state index in [1.165, 1.54) is 32.8 Å². The van der Waals surface area contributed by atoms with Crippen LogP contribution >= 0.6 is 27.3 Å². The fourth-order valence-electron chi connectivity index (χ4n) is 2.36. The van der Waals surface area contributed by atoms with Crippen LogP contribution in [0.15, 0.2) is 22.1 Å². The number of aromatic nitrogens is 2. The smallest absolute Gasteiger partial charge is 0.0705 e. The van der Waals surface area contributed by atoms with Crippen molar-refractivity contribution in [1.29, 1.82) is 0 Å². The highest BCUT2D eigenvalue weighted by molar-refractivity contribution is 9.11. The molecule has 2 aromatic heterocycles. The number of thiophene rings is 1. The van der Waals surface area contributed by atoms with Crippen molar-refractivity contribution in [1.82, 2.24) is 15.5 Å². The van der Waals surface area contributed by atoms with Crippen LogP contribution in [0.25, 0.3) is 10.4 Å². The Balaban J connectivity index is 1.93. The third kappa shape index (κ3) is 2.32. The third-order valence-corrected chi connectivity index (χ3v) is 4.87. The highest BCUT2D eigenvalue weighted by Gasteiger charge is 2.21. The van der Waals surface area contributed by atoms with Crippen molar-refractivity contribution in [3.05, 3.63) is 27.8 Å². The van der Waals surface area contributed by atoms with Gasteiger partial charge in [-0.1, -0.05) is 0 Å². The van der Waals surface area contributed by atoms with Crippen molar-refractivity contribution in [2.24, 2.45) is 0 Å². The van der Waals surface area contributed by atoms with Gasteiger partial charge in [0.2, 0.25) is 0 Å². The first kappa shape index (κ1) is 11.4. The van der Waals surface area contributed by atoms with E-state index in [2.05, 4.69) is 43.6 Å². The Bertz CT molecular complexity index is 499. The number of H-pyrrole nitrogens is 1. The summed E-state index contributed by atoms with van der Waals surface area (Å²) in [4.78, 5) is 1.28. The van der Waals surface area contributed by atoms with Gasteiger partial charge in [0.15, 0.2) is 0 Å². The minimum absolute atomic E-state index is 0.571. The van der Waals surface area contributed by atoms with E-state index in [0.717, 1.165) is 13.1 Å². The zero-order valence-electron chi connectivity index (χ0n) is 9.37. The summed E-state index contributed by atoms with van der Waals surface area (Å²) in [6, 6.07) is 4.25. The van der Waals surface area contributed by atoms with E-state index in [1.807, 2.05) is 6.20 Å². The minimum Gasteiger partial charge on any atom is -0.316 e. The summed E-state index contributed by atoms with van der Waals surface area (Å²) in [6.45, 7) is 2.20. The van der Waals surface area contributed by atoms with Crippen LogP contribution in [0.5, 0.6) is 0 Å². The molecule has 0 saturated carbocycles. The summed E-state index contributed by atoms with van der Waals surface area (Å²) in [5.41, 5.74) is 2.54. The van der Waals surface area contributed by atoms with Gasteiger partial charge in [-0.15, -0.1) is 11.3 Å². The van der Waals surface area contributed by atoms with Gasteiger partial charge in [0.1, 0.15) is 0 Å². The first-order chi connectivity index (χ1) is 8.34. The molecule has 1 saturated heterocycles. The van der Waals surface area contributed by atoms with E-state index >= 15 is 0 Å². The fraction of sp³-hybridized carbons (Fsp3) is 0.417. The largest absolute Gasteiger partial charge is 0.316 e. The standard InChI is InChI=1S/C12H14BrN3S/c13-11-4-3-10(17-11)9-7-15-16-12(9)8-2-1-5-14-6-8/h3-4,7-8,14H,1-2,5-6H2,(H,15,16). The number of nitrogens with zero attached hydrogens (tertiary/aromatic N) is 1. The van der Waals surface area contributed by atoms with Crippen molar-refractivity contribution in [2.75, 3.05) is 13.1 Å². The van der Waals surface area contributed by atoms with Crippen molar-refractivity contribution in [3.63, 3.8) is 0 Å². The summed E-state index contributed by atoms with van der Waals surface area (Å²) in [5.74, 6) is 0.571. The lowest BCUT2D eigenvalue weighted by Crippen LogP contribution is -2.28. The van der Waals surface area contributed by atoms with Gasteiger partial charge in [0.05, 0.1) is 9.98 Å². The molecule has 17 heavy (non-hydrogen) atoms. The Morgan fingerprint density at radius 1 is 1.41 bits per heavy atom. The molecule has 3 nitrogen and oxygen atoms in total. The molecule has 0 bridgehead atoms. The summed E-state index contributed by atoms with van der Waals surface area (Å²) < 4.78 is 1.17. The summed E-state index contributed by atoms with van der Waals surface area (Å²) in [7, 11) is 0. The molecular weight excluding hydrogens is 298 g/mol. The van der Waals surface area contributed by atoms with Crippen molar-refractivity contribution in [3.8, 4) is 10.4 Å². The molecule has 0 aromatic carbocycles. The number of rotatable bonds is 2. The van der Waals surface area contributed by atoms with Gasteiger partial charge < -0.3 is 5.32 Å². The van der Waals surface area contributed by atoms with E-state index < -0.39 is 0 Å². The van der Waals surface area contributed by atoms with E-state index in [-0.39, 0.29) is 0 Å². The first-order valence-electron chi connectivity index (χ1n) is 5.84. The summed E-state index contributed by atoms with van der Waals surface area (Å²) >= 11 is 5.27. The molecule has 1 unspecified atom stereocenters. The van der Waals surface area contributed by atoms with Crippen LogP contribution in [-0.4, -0.2) is 23.3 Å². The van der Waals surface area contributed by atoms with Gasteiger partial charge in [-0.25, -0.2) is 0 Å². The highest BCUT2D eigenvalue weighted by Crippen LogP contribution is 2.36. The lowest BCUT2D eigenvalue weighted by molar-refractivity contribution is 0.455. The van der Waals surface area contributed by atoms with Gasteiger partial charge >= 0.3 is 0 Å². The lowest BCUT2D eigenvalue weighted by atomic mass is 9.93. The molecule has 1 atom stereocenters. The van der Waals surface area contributed by atoms with E-state index in [1.54, 1.807) is 11.3 Å². The Hall–Kier alpha value is -0.650. The van der Waals surface area contributed by atoms with Crippen LogP contribution in [0.3, 0.4) is 0 Å². The topological polar surface area (TPSA) is 40.7 Å². The molecule has 0 spiro atoms. The molecule has 1 aliphatic rings. The fourth-order valence-corrected chi connectivity index (χ4v) is 3.77. The number of piperidine rings is 1. The molecule has 0 aliphatic carbocycles. The molecule has 5 heteroatoms. The van der Waals surface area contributed by atoms with Gasteiger partial charge in [0.25, 0.3) is 0 Å². The summed E-state index contributed by atoms with van der Waals surface area (Å²) in [5, 5.41) is 10.9. The molecule has 2 aromatic rings. The second kappa shape index (κ2) is 4.92. The maximum absolute atomic E-state index is 4.22.